The van der Waals surface area contributed by atoms with Crippen LogP contribution < -0.4 is 5.73 Å². The van der Waals surface area contributed by atoms with E-state index in [0.29, 0.717) is 0 Å². The van der Waals surface area contributed by atoms with Crippen LogP contribution in [0.15, 0.2) is 12.4 Å². The number of aromatic nitrogens is 2. The van der Waals surface area contributed by atoms with Crippen LogP contribution in [-0.2, 0) is 18.2 Å². The van der Waals surface area contributed by atoms with Gasteiger partial charge in [0.1, 0.15) is 0 Å². The predicted molar refractivity (Wildman–Crippen MR) is 76.9 cm³/mol. The monoisotopic (exact) mass is 265 g/mol. The Morgan fingerprint density at radius 2 is 2.21 bits per heavy atom. The topological polar surface area (TPSA) is 53.1 Å². The first-order valence-electron chi connectivity index (χ1n) is 7.34. The van der Waals surface area contributed by atoms with E-state index >= 15 is 0 Å². The number of ether oxygens (including phenoxy) is 1. The first-order valence-corrected chi connectivity index (χ1v) is 7.34. The second-order valence-corrected chi connectivity index (χ2v) is 6.12. The van der Waals surface area contributed by atoms with Gasteiger partial charge in [0.2, 0.25) is 0 Å². The number of rotatable bonds is 5. The van der Waals surface area contributed by atoms with E-state index in [0.717, 1.165) is 31.6 Å². The molecule has 1 fully saturated rings. The Morgan fingerprint density at radius 1 is 1.53 bits per heavy atom. The molecule has 0 aliphatic heterocycles. The number of methoxy groups -OCH3 is 1. The highest BCUT2D eigenvalue weighted by Crippen LogP contribution is 2.37. The van der Waals surface area contributed by atoms with E-state index < -0.39 is 0 Å². The molecule has 0 spiro atoms. The number of nitrogens with two attached hydrogens (primary N) is 1. The van der Waals surface area contributed by atoms with Gasteiger partial charge in [-0.3, -0.25) is 4.68 Å². The van der Waals surface area contributed by atoms with Gasteiger partial charge in [0.15, 0.2) is 0 Å². The average molecular weight is 265 g/mol. The molecule has 0 saturated heterocycles. The third-order valence-electron chi connectivity index (χ3n) is 4.71. The molecule has 0 bridgehead atoms. The quantitative estimate of drug-likeness (QED) is 0.888. The number of hydrogen-bond acceptors (Lipinski definition) is 3. The summed E-state index contributed by atoms with van der Waals surface area (Å²) in [6.45, 7) is 2.32. The van der Waals surface area contributed by atoms with E-state index in [1.54, 1.807) is 0 Å². The SMILES string of the molecule is COC1(C(N)CCc2cnn(C)c2)CCC(C)CC1. The summed E-state index contributed by atoms with van der Waals surface area (Å²) in [6, 6.07) is 0.116. The Balaban J connectivity index is 1.91. The molecule has 19 heavy (non-hydrogen) atoms. The molecule has 2 N–H and O–H groups in total. The zero-order valence-electron chi connectivity index (χ0n) is 12.4. The number of aryl methyl sites for hydroxylation is 2. The van der Waals surface area contributed by atoms with Crippen molar-refractivity contribution in [1.82, 2.24) is 9.78 Å². The third-order valence-corrected chi connectivity index (χ3v) is 4.71. The van der Waals surface area contributed by atoms with Gasteiger partial charge in [-0.15, -0.1) is 0 Å². The van der Waals surface area contributed by atoms with Crippen LogP contribution in [0, 0.1) is 5.92 Å². The molecule has 1 atom stereocenters. The van der Waals surface area contributed by atoms with Gasteiger partial charge >= 0.3 is 0 Å². The van der Waals surface area contributed by atoms with Crippen LogP contribution in [0.25, 0.3) is 0 Å². The van der Waals surface area contributed by atoms with Crippen LogP contribution >= 0.6 is 0 Å². The summed E-state index contributed by atoms with van der Waals surface area (Å²) < 4.78 is 7.68. The lowest BCUT2D eigenvalue weighted by molar-refractivity contribution is -0.0675. The molecule has 1 aromatic heterocycles. The van der Waals surface area contributed by atoms with Crippen LogP contribution in [0.4, 0.5) is 0 Å². The van der Waals surface area contributed by atoms with Crippen molar-refractivity contribution >= 4 is 0 Å². The van der Waals surface area contributed by atoms with Crippen LogP contribution in [0.5, 0.6) is 0 Å². The minimum absolute atomic E-state index is 0.102. The molecule has 0 radical (unpaired) electrons. The molecule has 1 aliphatic carbocycles. The summed E-state index contributed by atoms with van der Waals surface area (Å²) in [7, 11) is 3.77. The Labute approximate surface area is 116 Å². The van der Waals surface area contributed by atoms with Gasteiger partial charge in [0.25, 0.3) is 0 Å². The highest BCUT2D eigenvalue weighted by atomic mass is 16.5. The first-order chi connectivity index (χ1) is 9.05. The van der Waals surface area contributed by atoms with Crippen molar-refractivity contribution in [3.63, 3.8) is 0 Å². The maximum Gasteiger partial charge on any atom is 0.0829 e. The molecule has 1 aliphatic rings. The van der Waals surface area contributed by atoms with E-state index in [2.05, 4.69) is 18.2 Å². The van der Waals surface area contributed by atoms with E-state index in [9.17, 15) is 0 Å². The summed E-state index contributed by atoms with van der Waals surface area (Å²) in [5.41, 5.74) is 7.60. The molecule has 1 heterocycles. The maximum atomic E-state index is 6.44. The second-order valence-electron chi connectivity index (χ2n) is 6.12. The molecular formula is C15H27N3O. The molecule has 0 amide bonds. The molecule has 108 valence electrons. The zero-order chi connectivity index (χ0) is 13.9. The van der Waals surface area contributed by atoms with Crippen molar-refractivity contribution in [2.24, 2.45) is 18.7 Å². The highest BCUT2D eigenvalue weighted by molar-refractivity contribution is 5.05. The molecule has 0 aromatic carbocycles. The fraction of sp³-hybridized carbons (Fsp3) is 0.800. The van der Waals surface area contributed by atoms with Gasteiger partial charge in [-0.25, -0.2) is 0 Å². The maximum absolute atomic E-state index is 6.44. The van der Waals surface area contributed by atoms with Gasteiger partial charge in [-0.2, -0.15) is 5.10 Å². The smallest absolute Gasteiger partial charge is 0.0829 e. The van der Waals surface area contributed by atoms with Gasteiger partial charge in [-0.1, -0.05) is 6.92 Å². The van der Waals surface area contributed by atoms with E-state index in [1.165, 1.54) is 18.4 Å². The average Bonchev–Trinajstić information content (AvgIpc) is 2.83. The van der Waals surface area contributed by atoms with E-state index in [1.807, 2.05) is 25.0 Å². The first kappa shape index (κ1) is 14.5. The Bertz CT molecular complexity index is 394. The standard InChI is InChI=1S/C15H27N3O/c1-12-6-8-15(19-3,9-7-12)14(16)5-4-13-10-17-18(2)11-13/h10-12,14H,4-9,16H2,1-3H3. The fourth-order valence-electron chi connectivity index (χ4n) is 3.16. The minimum Gasteiger partial charge on any atom is -0.377 e. The zero-order valence-corrected chi connectivity index (χ0v) is 12.4. The minimum atomic E-state index is -0.102. The van der Waals surface area contributed by atoms with Gasteiger partial charge in [0.05, 0.1) is 11.8 Å². The van der Waals surface area contributed by atoms with Crippen LogP contribution in [0.2, 0.25) is 0 Å². The van der Waals surface area contributed by atoms with E-state index in [-0.39, 0.29) is 11.6 Å². The lowest BCUT2D eigenvalue weighted by atomic mass is 9.74. The van der Waals surface area contributed by atoms with Crippen LogP contribution in [0.1, 0.15) is 44.6 Å². The van der Waals surface area contributed by atoms with Gasteiger partial charge in [-0.05, 0) is 50.0 Å². The number of hydrogen-bond donors (Lipinski definition) is 1. The summed E-state index contributed by atoms with van der Waals surface area (Å²) in [6.07, 6.45) is 10.6. The van der Waals surface area contributed by atoms with E-state index in [4.69, 9.17) is 10.5 Å². The van der Waals surface area contributed by atoms with Crippen molar-refractivity contribution in [2.45, 2.75) is 57.1 Å². The predicted octanol–water partition coefficient (Wildman–Crippen LogP) is 2.28. The molecule has 1 aromatic rings. The Morgan fingerprint density at radius 3 is 2.74 bits per heavy atom. The van der Waals surface area contributed by atoms with Crippen molar-refractivity contribution < 1.29 is 4.74 Å². The summed E-state index contributed by atoms with van der Waals surface area (Å²) in [5, 5.41) is 4.20. The second kappa shape index (κ2) is 6.06. The molecule has 1 unspecified atom stereocenters. The van der Waals surface area contributed by atoms with Crippen LogP contribution in [-0.4, -0.2) is 28.5 Å². The van der Waals surface area contributed by atoms with Crippen molar-refractivity contribution in [1.29, 1.82) is 0 Å². The lowest BCUT2D eigenvalue weighted by Crippen LogP contribution is -2.51. The van der Waals surface area contributed by atoms with Crippen LogP contribution in [0.3, 0.4) is 0 Å². The summed E-state index contributed by atoms with van der Waals surface area (Å²) in [4.78, 5) is 0. The van der Waals surface area contributed by atoms with Gasteiger partial charge in [0, 0.05) is 26.4 Å². The molecule has 4 nitrogen and oxygen atoms in total. The van der Waals surface area contributed by atoms with Gasteiger partial charge < -0.3 is 10.5 Å². The normalized spacial score (nSPS) is 29.4. The Hall–Kier alpha value is -0.870. The van der Waals surface area contributed by atoms with Crippen molar-refractivity contribution in [3.8, 4) is 0 Å². The largest absolute Gasteiger partial charge is 0.377 e. The number of nitrogens with zero attached hydrogens (tertiary/aromatic N) is 2. The molecule has 4 heteroatoms. The molecular weight excluding hydrogens is 238 g/mol. The fourth-order valence-corrected chi connectivity index (χ4v) is 3.16. The Kier molecular flexibility index (Phi) is 4.63. The summed E-state index contributed by atoms with van der Waals surface area (Å²) in [5.74, 6) is 0.814. The third kappa shape index (κ3) is 3.37. The van der Waals surface area contributed by atoms with Crippen molar-refractivity contribution in [2.75, 3.05) is 7.11 Å². The summed E-state index contributed by atoms with van der Waals surface area (Å²) >= 11 is 0. The lowest BCUT2D eigenvalue weighted by Gasteiger charge is -2.42. The molecule has 1 saturated carbocycles. The molecule has 2 rings (SSSR count). The van der Waals surface area contributed by atoms with Crippen molar-refractivity contribution in [3.05, 3.63) is 18.0 Å². The highest BCUT2D eigenvalue weighted by Gasteiger charge is 2.39.